The zero-order chi connectivity index (χ0) is 16.9. The second-order valence-electron chi connectivity index (χ2n) is 6.03. The van der Waals surface area contributed by atoms with Crippen molar-refractivity contribution in [2.24, 2.45) is 0 Å². The molecule has 0 saturated carbocycles. The standard InChI is InChI=1S/C18H22N4O2/c1-12-5-3-6-13(2)16(12)22-18-20-9-14(10-21-18)17(23)19-11-15-7-4-8-24-15/h3,5-6,9-10,15H,4,7-8,11H2,1-2H3,(H,19,23)(H,20,21,22). The first-order valence-electron chi connectivity index (χ1n) is 8.18. The van der Waals surface area contributed by atoms with E-state index in [0.717, 1.165) is 36.3 Å². The average Bonchev–Trinajstić information content (AvgIpc) is 3.10. The highest BCUT2D eigenvalue weighted by Gasteiger charge is 2.17. The largest absolute Gasteiger partial charge is 0.376 e. The molecule has 2 N–H and O–H groups in total. The van der Waals surface area contributed by atoms with Crippen LogP contribution in [0.1, 0.15) is 34.3 Å². The molecule has 1 aliphatic rings. The maximum atomic E-state index is 12.1. The fraction of sp³-hybridized carbons (Fsp3) is 0.389. The van der Waals surface area contributed by atoms with Crippen molar-refractivity contribution in [1.82, 2.24) is 15.3 Å². The molecule has 1 aliphatic heterocycles. The monoisotopic (exact) mass is 326 g/mol. The van der Waals surface area contributed by atoms with Gasteiger partial charge in [0, 0.05) is 31.2 Å². The van der Waals surface area contributed by atoms with Gasteiger partial charge in [-0.05, 0) is 37.8 Å². The van der Waals surface area contributed by atoms with Crippen molar-refractivity contribution in [3.8, 4) is 0 Å². The third-order valence-electron chi connectivity index (χ3n) is 4.15. The Kier molecular flexibility index (Phi) is 5.05. The number of hydrogen-bond donors (Lipinski definition) is 2. The average molecular weight is 326 g/mol. The number of aromatic nitrogens is 2. The van der Waals surface area contributed by atoms with Crippen molar-refractivity contribution in [3.63, 3.8) is 0 Å². The lowest BCUT2D eigenvalue weighted by atomic mass is 10.1. The maximum absolute atomic E-state index is 12.1. The summed E-state index contributed by atoms with van der Waals surface area (Å²) in [6, 6.07) is 6.07. The van der Waals surface area contributed by atoms with Gasteiger partial charge in [-0.25, -0.2) is 9.97 Å². The molecule has 0 radical (unpaired) electrons. The number of anilines is 2. The zero-order valence-electron chi connectivity index (χ0n) is 14.0. The molecule has 126 valence electrons. The highest BCUT2D eigenvalue weighted by Crippen LogP contribution is 2.22. The summed E-state index contributed by atoms with van der Waals surface area (Å²) in [5.41, 5.74) is 3.68. The molecular formula is C18H22N4O2. The van der Waals surface area contributed by atoms with Gasteiger partial charge < -0.3 is 15.4 Å². The van der Waals surface area contributed by atoms with E-state index in [1.807, 2.05) is 32.0 Å². The molecule has 24 heavy (non-hydrogen) atoms. The van der Waals surface area contributed by atoms with Gasteiger partial charge in [0.05, 0.1) is 11.7 Å². The summed E-state index contributed by atoms with van der Waals surface area (Å²) in [5.74, 6) is 0.298. The van der Waals surface area contributed by atoms with Gasteiger partial charge in [-0.15, -0.1) is 0 Å². The molecule has 2 aromatic rings. The summed E-state index contributed by atoms with van der Waals surface area (Å²) < 4.78 is 5.49. The van der Waals surface area contributed by atoms with Crippen LogP contribution in [0.4, 0.5) is 11.6 Å². The first kappa shape index (κ1) is 16.4. The van der Waals surface area contributed by atoms with Crippen LogP contribution in [-0.2, 0) is 4.74 Å². The summed E-state index contributed by atoms with van der Waals surface area (Å²) in [6.07, 6.45) is 5.25. The molecular weight excluding hydrogens is 304 g/mol. The molecule has 1 aromatic heterocycles. The number of benzene rings is 1. The SMILES string of the molecule is Cc1cccc(C)c1Nc1ncc(C(=O)NCC2CCCO2)cn1. The topological polar surface area (TPSA) is 76.1 Å². The van der Waals surface area contributed by atoms with Gasteiger partial charge in [0.25, 0.3) is 5.91 Å². The molecule has 0 bridgehead atoms. The van der Waals surface area contributed by atoms with Crippen LogP contribution in [0.15, 0.2) is 30.6 Å². The fourth-order valence-electron chi connectivity index (χ4n) is 2.75. The van der Waals surface area contributed by atoms with Gasteiger partial charge in [0.2, 0.25) is 5.95 Å². The molecule has 6 nitrogen and oxygen atoms in total. The molecule has 1 atom stereocenters. The molecule has 1 fully saturated rings. The van der Waals surface area contributed by atoms with Crippen LogP contribution in [0.3, 0.4) is 0 Å². The predicted molar refractivity (Wildman–Crippen MR) is 92.5 cm³/mol. The van der Waals surface area contributed by atoms with Gasteiger partial charge in [-0.3, -0.25) is 4.79 Å². The molecule has 1 unspecified atom stereocenters. The maximum Gasteiger partial charge on any atom is 0.254 e. The van der Waals surface area contributed by atoms with Crippen molar-refractivity contribution >= 4 is 17.5 Å². The van der Waals surface area contributed by atoms with E-state index in [0.29, 0.717) is 18.1 Å². The second-order valence-corrected chi connectivity index (χ2v) is 6.03. The van der Waals surface area contributed by atoms with Crippen molar-refractivity contribution < 1.29 is 9.53 Å². The Labute approximate surface area is 141 Å². The van der Waals surface area contributed by atoms with Crippen LogP contribution in [0.25, 0.3) is 0 Å². The number of carbonyl (C=O) groups is 1. The van der Waals surface area contributed by atoms with Crippen LogP contribution in [-0.4, -0.2) is 35.1 Å². The number of aryl methyl sites for hydroxylation is 2. The molecule has 0 aliphatic carbocycles. The van der Waals surface area contributed by atoms with E-state index >= 15 is 0 Å². The van der Waals surface area contributed by atoms with E-state index in [1.165, 1.54) is 12.4 Å². The van der Waals surface area contributed by atoms with Crippen molar-refractivity contribution in [2.75, 3.05) is 18.5 Å². The van der Waals surface area contributed by atoms with Crippen LogP contribution in [0.5, 0.6) is 0 Å². The second kappa shape index (κ2) is 7.40. The Morgan fingerprint density at radius 3 is 2.58 bits per heavy atom. The third-order valence-corrected chi connectivity index (χ3v) is 4.15. The molecule has 3 rings (SSSR count). The number of nitrogens with one attached hydrogen (secondary N) is 2. The highest BCUT2D eigenvalue weighted by molar-refractivity contribution is 5.93. The molecule has 1 amide bonds. The fourth-order valence-corrected chi connectivity index (χ4v) is 2.75. The van der Waals surface area contributed by atoms with Gasteiger partial charge in [0.15, 0.2) is 0 Å². The number of amides is 1. The number of ether oxygens (including phenoxy) is 1. The van der Waals surface area contributed by atoms with Crippen molar-refractivity contribution in [3.05, 3.63) is 47.3 Å². The van der Waals surface area contributed by atoms with Crippen molar-refractivity contribution in [2.45, 2.75) is 32.8 Å². The lowest BCUT2D eigenvalue weighted by Crippen LogP contribution is -2.31. The lowest BCUT2D eigenvalue weighted by molar-refractivity contribution is 0.0857. The predicted octanol–water partition coefficient (Wildman–Crippen LogP) is 2.75. The quantitative estimate of drug-likeness (QED) is 0.883. The Balaban J connectivity index is 1.61. The minimum atomic E-state index is -0.177. The minimum Gasteiger partial charge on any atom is -0.376 e. The normalized spacial score (nSPS) is 16.8. The summed E-state index contributed by atoms with van der Waals surface area (Å²) in [7, 11) is 0. The minimum absolute atomic E-state index is 0.125. The number of para-hydroxylation sites is 1. The lowest BCUT2D eigenvalue weighted by Gasteiger charge is -2.12. The van der Waals surface area contributed by atoms with Crippen LogP contribution < -0.4 is 10.6 Å². The zero-order valence-corrected chi connectivity index (χ0v) is 14.0. The molecule has 0 spiro atoms. The van der Waals surface area contributed by atoms with Crippen molar-refractivity contribution in [1.29, 1.82) is 0 Å². The summed E-state index contributed by atoms with van der Waals surface area (Å²) in [6.45, 7) is 5.37. The Hall–Kier alpha value is -2.47. The van der Waals surface area contributed by atoms with Crippen LogP contribution in [0.2, 0.25) is 0 Å². The molecule has 6 heteroatoms. The number of nitrogens with zero attached hydrogens (tertiary/aromatic N) is 2. The van der Waals surface area contributed by atoms with E-state index in [-0.39, 0.29) is 12.0 Å². The van der Waals surface area contributed by atoms with E-state index in [2.05, 4.69) is 20.6 Å². The van der Waals surface area contributed by atoms with Gasteiger partial charge >= 0.3 is 0 Å². The number of carbonyl (C=O) groups excluding carboxylic acids is 1. The van der Waals surface area contributed by atoms with E-state index in [1.54, 1.807) is 0 Å². The number of hydrogen-bond acceptors (Lipinski definition) is 5. The highest BCUT2D eigenvalue weighted by atomic mass is 16.5. The third kappa shape index (κ3) is 3.89. The smallest absolute Gasteiger partial charge is 0.254 e. The Bertz CT molecular complexity index is 689. The number of rotatable bonds is 5. The summed E-state index contributed by atoms with van der Waals surface area (Å²) in [5, 5.41) is 6.07. The molecule has 1 aromatic carbocycles. The van der Waals surface area contributed by atoms with Crippen LogP contribution >= 0.6 is 0 Å². The van der Waals surface area contributed by atoms with Gasteiger partial charge in [-0.2, -0.15) is 0 Å². The van der Waals surface area contributed by atoms with Crippen LogP contribution in [0, 0.1) is 13.8 Å². The first-order valence-corrected chi connectivity index (χ1v) is 8.18. The molecule has 2 heterocycles. The van der Waals surface area contributed by atoms with Gasteiger partial charge in [-0.1, -0.05) is 18.2 Å². The van der Waals surface area contributed by atoms with Gasteiger partial charge in [0.1, 0.15) is 0 Å². The molecule has 1 saturated heterocycles. The summed E-state index contributed by atoms with van der Waals surface area (Å²) in [4.78, 5) is 20.6. The van der Waals surface area contributed by atoms with E-state index in [9.17, 15) is 4.79 Å². The summed E-state index contributed by atoms with van der Waals surface area (Å²) >= 11 is 0. The Morgan fingerprint density at radius 1 is 1.25 bits per heavy atom. The van der Waals surface area contributed by atoms with E-state index < -0.39 is 0 Å². The first-order chi connectivity index (χ1) is 11.6. The van der Waals surface area contributed by atoms with E-state index in [4.69, 9.17) is 4.74 Å². The Morgan fingerprint density at radius 2 is 1.96 bits per heavy atom.